The Morgan fingerprint density at radius 1 is 1.21 bits per heavy atom. The molecule has 0 aromatic carbocycles. The largest absolute Gasteiger partial charge is 0.381 e. The quantitative estimate of drug-likeness (QED) is 0.680. The van der Waals surface area contributed by atoms with Gasteiger partial charge in [-0.05, 0) is 25.7 Å². The third kappa shape index (κ3) is 2.27. The second-order valence-electron chi connectivity index (χ2n) is 4.60. The lowest BCUT2D eigenvalue weighted by atomic mass is 10.1. The van der Waals surface area contributed by atoms with E-state index in [1.54, 1.807) is 0 Å². The van der Waals surface area contributed by atoms with Crippen LogP contribution in [0.4, 0.5) is 0 Å². The van der Waals surface area contributed by atoms with Gasteiger partial charge >= 0.3 is 0 Å². The highest BCUT2D eigenvalue weighted by molar-refractivity contribution is 4.98. The van der Waals surface area contributed by atoms with Gasteiger partial charge in [-0.1, -0.05) is 0 Å². The standard InChI is InChI=1S/C11H21NO2/c1-13-10-3-7-12(8-4-10)9-11(14-2)5-6-11/h10H,3-9H2,1-2H3. The summed E-state index contributed by atoms with van der Waals surface area (Å²) in [4.78, 5) is 2.52. The zero-order valence-electron chi connectivity index (χ0n) is 9.29. The maximum Gasteiger partial charge on any atom is 0.0807 e. The van der Waals surface area contributed by atoms with Gasteiger partial charge in [-0.15, -0.1) is 0 Å². The zero-order valence-corrected chi connectivity index (χ0v) is 9.29. The number of methoxy groups -OCH3 is 2. The highest BCUT2D eigenvalue weighted by atomic mass is 16.5. The molecule has 14 heavy (non-hydrogen) atoms. The van der Waals surface area contributed by atoms with Crippen molar-refractivity contribution >= 4 is 0 Å². The smallest absolute Gasteiger partial charge is 0.0807 e. The zero-order chi connectivity index (χ0) is 10.0. The molecule has 2 rings (SSSR count). The molecule has 1 saturated heterocycles. The summed E-state index contributed by atoms with van der Waals surface area (Å²) in [6.45, 7) is 3.47. The lowest BCUT2D eigenvalue weighted by Crippen LogP contribution is -2.42. The summed E-state index contributed by atoms with van der Waals surface area (Å²) < 4.78 is 10.9. The second kappa shape index (κ2) is 4.17. The highest BCUT2D eigenvalue weighted by Gasteiger charge is 2.44. The van der Waals surface area contributed by atoms with E-state index in [0.717, 1.165) is 6.54 Å². The Balaban J connectivity index is 1.73. The maximum absolute atomic E-state index is 5.53. The normalized spacial score (nSPS) is 27.9. The summed E-state index contributed by atoms with van der Waals surface area (Å²) in [6, 6.07) is 0. The van der Waals surface area contributed by atoms with Crippen molar-refractivity contribution in [2.24, 2.45) is 0 Å². The Kier molecular flexibility index (Phi) is 3.10. The number of rotatable bonds is 4. The molecule has 1 aliphatic heterocycles. The van der Waals surface area contributed by atoms with Crippen LogP contribution in [0, 0.1) is 0 Å². The van der Waals surface area contributed by atoms with E-state index in [1.165, 1.54) is 38.8 Å². The van der Waals surface area contributed by atoms with Gasteiger partial charge in [0.2, 0.25) is 0 Å². The van der Waals surface area contributed by atoms with Crippen LogP contribution in [0.2, 0.25) is 0 Å². The SMILES string of the molecule is COC1CCN(CC2(OC)CC2)CC1. The fraction of sp³-hybridized carbons (Fsp3) is 1.00. The fourth-order valence-electron chi connectivity index (χ4n) is 2.28. The predicted octanol–water partition coefficient (Wildman–Crippen LogP) is 1.28. The molecule has 1 heterocycles. The number of piperidine rings is 1. The van der Waals surface area contributed by atoms with Crippen LogP contribution >= 0.6 is 0 Å². The van der Waals surface area contributed by atoms with Crippen molar-refractivity contribution in [3.05, 3.63) is 0 Å². The minimum absolute atomic E-state index is 0.222. The molecule has 0 spiro atoms. The molecule has 2 aliphatic rings. The minimum atomic E-state index is 0.222. The molecule has 0 bridgehead atoms. The third-order valence-electron chi connectivity index (χ3n) is 3.62. The first kappa shape index (κ1) is 10.4. The van der Waals surface area contributed by atoms with Gasteiger partial charge in [0.05, 0.1) is 11.7 Å². The van der Waals surface area contributed by atoms with Crippen molar-refractivity contribution in [3.63, 3.8) is 0 Å². The number of hydrogen-bond acceptors (Lipinski definition) is 3. The van der Waals surface area contributed by atoms with Crippen molar-refractivity contribution in [2.45, 2.75) is 37.4 Å². The number of hydrogen-bond donors (Lipinski definition) is 0. The van der Waals surface area contributed by atoms with Gasteiger partial charge in [0.25, 0.3) is 0 Å². The molecule has 0 amide bonds. The van der Waals surface area contributed by atoms with Gasteiger partial charge in [-0.2, -0.15) is 0 Å². The van der Waals surface area contributed by atoms with Crippen molar-refractivity contribution < 1.29 is 9.47 Å². The molecule has 2 fully saturated rings. The van der Waals surface area contributed by atoms with E-state index in [1.807, 2.05) is 14.2 Å². The monoisotopic (exact) mass is 199 g/mol. The minimum Gasteiger partial charge on any atom is -0.381 e. The van der Waals surface area contributed by atoms with Crippen molar-refractivity contribution in [1.82, 2.24) is 4.90 Å². The molecule has 0 radical (unpaired) electrons. The third-order valence-corrected chi connectivity index (χ3v) is 3.62. The molecular weight excluding hydrogens is 178 g/mol. The van der Waals surface area contributed by atoms with Gasteiger partial charge in [0, 0.05) is 33.9 Å². The predicted molar refractivity (Wildman–Crippen MR) is 55.4 cm³/mol. The molecule has 1 saturated carbocycles. The molecule has 3 nitrogen and oxygen atoms in total. The summed E-state index contributed by atoms with van der Waals surface area (Å²) in [6.07, 6.45) is 5.33. The van der Waals surface area contributed by atoms with E-state index >= 15 is 0 Å². The molecule has 82 valence electrons. The van der Waals surface area contributed by atoms with E-state index in [0.29, 0.717) is 6.10 Å². The lowest BCUT2D eigenvalue weighted by Gasteiger charge is -2.33. The van der Waals surface area contributed by atoms with Crippen LogP contribution in [-0.2, 0) is 9.47 Å². The van der Waals surface area contributed by atoms with E-state index in [9.17, 15) is 0 Å². The van der Waals surface area contributed by atoms with Crippen LogP contribution in [0.1, 0.15) is 25.7 Å². The van der Waals surface area contributed by atoms with Crippen molar-refractivity contribution in [3.8, 4) is 0 Å². The van der Waals surface area contributed by atoms with Gasteiger partial charge < -0.3 is 14.4 Å². The molecule has 0 aromatic heterocycles. The second-order valence-corrected chi connectivity index (χ2v) is 4.60. The Hall–Kier alpha value is -0.120. The van der Waals surface area contributed by atoms with E-state index in [-0.39, 0.29) is 5.60 Å². The lowest BCUT2D eigenvalue weighted by molar-refractivity contribution is 0.00417. The first-order valence-electron chi connectivity index (χ1n) is 5.58. The summed E-state index contributed by atoms with van der Waals surface area (Å²) in [5, 5.41) is 0. The topological polar surface area (TPSA) is 21.7 Å². The van der Waals surface area contributed by atoms with E-state index in [2.05, 4.69) is 4.90 Å². The molecule has 0 atom stereocenters. The fourth-order valence-corrected chi connectivity index (χ4v) is 2.28. The van der Waals surface area contributed by atoms with Crippen molar-refractivity contribution in [2.75, 3.05) is 33.9 Å². The molecule has 1 aliphatic carbocycles. The maximum atomic E-state index is 5.53. The van der Waals surface area contributed by atoms with Crippen LogP contribution < -0.4 is 0 Å². The van der Waals surface area contributed by atoms with E-state index in [4.69, 9.17) is 9.47 Å². The first-order valence-corrected chi connectivity index (χ1v) is 5.58. The Morgan fingerprint density at radius 3 is 2.29 bits per heavy atom. The summed E-state index contributed by atoms with van der Waals surface area (Å²) in [5.41, 5.74) is 0.222. The van der Waals surface area contributed by atoms with Gasteiger partial charge in [0.15, 0.2) is 0 Å². The van der Waals surface area contributed by atoms with Gasteiger partial charge in [0.1, 0.15) is 0 Å². The first-order chi connectivity index (χ1) is 6.78. The Morgan fingerprint density at radius 2 is 1.86 bits per heavy atom. The van der Waals surface area contributed by atoms with Gasteiger partial charge in [-0.3, -0.25) is 0 Å². The molecule has 0 unspecified atom stereocenters. The summed E-state index contributed by atoms with van der Waals surface area (Å²) in [7, 11) is 3.66. The van der Waals surface area contributed by atoms with Gasteiger partial charge in [-0.25, -0.2) is 0 Å². The van der Waals surface area contributed by atoms with Crippen LogP contribution in [0.5, 0.6) is 0 Å². The number of ether oxygens (including phenoxy) is 2. The van der Waals surface area contributed by atoms with E-state index < -0.39 is 0 Å². The number of nitrogens with zero attached hydrogens (tertiary/aromatic N) is 1. The molecule has 0 N–H and O–H groups in total. The van der Waals surface area contributed by atoms with Crippen LogP contribution in [0.25, 0.3) is 0 Å². The summed E-state index contributed by atoms with van der Waals surface area (Å²) >= 11 is 0. The Labute approximate surface area is 86.4 Å². The summed E-state index contributed by atoms with van der Waals surface area (Å²) in [5.74, 6) is 0. The highest BCUT2D eigenvalue weighted by Crippen LogP contribution is 2.39. The molecular formula is C11H21NO2. The van der Waals surface area contributed by atoms with Crippen LogP contribution in [0.3, 0.4) is 0 Å². The molecule has 0 aromatic rings. The number of likely N-dealkylation sites (tertiary alicyclic amines) is 1. The molecule has 3 heteroatoms. The average molecular weight is 199 g/mol. The Bertz CT molecular complexity index is 184. The average Bonchev–Trinajstić information content (AvgIpc) is 3.00. The van der Waals surface area contributed by atoms with Crippen LogP contribution in [0.15, 0.2) is 0 Å². The van der Waals surface area contributed by atoms with Crippen LogP contribution in [-0.4, -0.2) is 50.5 Å². The van der Waals surface area contributed by atoms with Crippen molar-refractivity contribution in [1.29, 1.82) is 0 Å².